The highest BCUT2D eigenvalue weighted by atomic mass is 16.5. The van der Waals surface area contributed by atoms with Crippen molar-refractivity contribution in [3.05, 3.63) is 108 Å². The average Bonchev–Trinajstić information content (AvgIpc) is 3.32. The molecule has 8 rings (SSSR count). The van der Waals surface area contributed by atoms with E-state index in [0.29, 0.717) is 43.3 Å². The molecule has 9 nitrogen and oxygen atoms in total. The molecule has 0 saturated heterocycles. The average molecular weight is 595 g/mol. The molecule has 1 aliphatic heterocycles. The first-order valence-electron chi connectivity index (χ1n) is 14.9. The smallest absolute Gasteiger partial charge is 0.187 e. The van der Waals surface area contributed by atoms with Crippen LogP contribution in [0.1, 0.15) is 17.1 Å². The molecule has 0 fully saturated rings. The van der Waals surface area contributed by atoms with Gasteiger partial charge in [-0.1, -0.05) is 36.4 Å². The first-order valence-corrected chi connectivity index (χ1v) is 14.9. The van der Waals surface area contributed by atoms with Gasteiger partial charge in [0.25, 0.3) is 0 Å². The molecule has 1 aliphatic rings. The highest BCUT2D eigenvalue weighted by molar-refractivity contribution is 5.95. The molecule has 45 heavy (non-hydrogen) atoms. The zero-order valence-corrected chi connectivity index (χ0v) is 24.9. The van der Waals surface area contributed by atoms with Gasteiger partial charge in [-0.3, -0.25) is 0 Å². The minimum Gasteiger partial charge on any atom is -0.491 e. The van der Waals surface area contributed by atoms with E-state index < -0.39 is 0 Å². The summed E-state index contributed by atoms with van der Waals surface area (Å²) in [6.45, 7) is 4.12. The molecule has 0 amide bonds. The summed E-state index contributed by atoms with van der Waals surface area (Å²) in [6.07, 6.45) is 1.58. The molecule has 1 N–H and O–H groups in total. The molecule has 0 spiro atoms. The summed E-state index contributed by atoms with van der Waals surface area (Å²) in [6, 6.07) is 28.7. The molecule has 0 radical (unpaired) electrons. The maximum atomic E-state index is 6.22. The largest absolute Gasteiger partial charge is 0.491 e. The number of fused-ring (bicyclic) bond motifs is 4. The van der Waals surface area contributed by atoms with Crippen LogP contribution in [0.25, 0.3) is 44.0 Å². The van der Waals surface area contributed by atoms with Crippen molar-refractivity contribution in [1.82, 2.24) is 24.9 Å². The van der Waals surface area contributed by atoms with Gasteiger partial charge in [0.1, 0.15) is 42.4 Å². The number of nitrogens with zero attached hydrogens (tertiary/aromatic N) is 5. The van der Waals surface area contributed by atoms with E-state index in [2.05, 4.69) is 62.3 Å². The van der Waals surface area contributed by atoms with Crippen molar-refractivity contribution in [2.45, 2.75) is 20.1 Å². The van der Waals surface area contributed by atoms with Gasteiger partial charge in [0.15, 0.2) is 11.5 Å². The summed E-state index contributed by atoms with van der Waals surface area (Å²) in [5.74, 6) is 3.77. The Hall–Kier alpha value is -5.70. The third kappa shape index (κ3) is 5.02. The minimum atomic E-state index is 0.306. The Bertz CT molecular complexity index is 2210. The number of aryl methyl sites for hydroxylation is 1. The molecule has 0 atom stereocenters. The first kappa shape index (κ1) is 26.9. The lowest BCUT2D eigenvalue weighted by atomic mass is 10.0. The molecule has 0 saturated carbocycles. The number of pyridine rings is 1. The van der Waals surface area contributed by atoms with Crippen molar-refractivity contribution in [2.75, 3.05) is 25.2 Å². The molecule has 9 heteroatoms. The molecule has 0 unspecified atom stereocenters. The molecule has 4 heterocycles. The van der Waals surface area contributed by atoms with Crippen LogP contribution in [0.3, 0.4) is 0 Å². The zero-order valence-electron chi connectivity index (χ0n) is 24.9. The standard InChI is InChI=1S/C36H30N6O3/c1-22-39-30-12-8-25(18-31(30)40-22)24-9-13-32-26(17-24)19-42(15-16-44-32)36-28-11-14-33(35(43-2)34(28)37-21-38-36)45-20-27-10-7-23-5-3-4-6-29(23)41-27/h3-14,17-18,21H,15-16,19-20H2,1-2H3,(H,39,40). The van der Waals surface area contributed by atoms with Crippen LogP contribution in [0.2, 0.25) is 0 Å². The van der Waals surface area contributed by atoms with Gasteiger partial charge in [0, 0.05) is 22.9 Å². The third-order valence-corrected chi connectivity index (χ3v) is 8.21. The van der Waals surface area contributed by atoms with Crippen LogP contribution in [0.4, 0.5) is 5.82 Å². The number of nitrogens with one attached hydrogen (secondary N) is 1. The van der Waals surface area contributed by atoms with Gasteiger partial charge in [-0.2, -0.15) is 0 Å². The van der Waals surface area contributed by atoms with Gasteiger partial charge in [-0.25, -0.2) is 19.9 Å². The fourth-order valence-corrected chi connectivity index (χ4v) is 6.05. The number of aromatic nitrogens is 5. The van der Waals surface area contributed by atoms with Crippen LogP contribution in [0.5, 0.6) is 17.2 Å². The highest BCUT2D eigenvalue weighted by Gasteiger charge is 2.22. The fraction of sp³-hybridized carbons (Fsp3) is 0.167. The van der Waals surface area contributed by atoms with E-state index in [1.807, 2.05) is 49.4 Å². The van der Waals surface area contributed by atoms with E-state index in [1.165, 1.54) is 0 Å². The van der Waals surface area contributed by atoms with Crippen LogP contribution < -0.4 is 19.1 Å². The molecule has 0 bridgehead atoms. The first-order chi connectivity index (χ1) is 22.1. The lowest BCUT2D eigenvalue weighted by molar-refractivity contribution is 0.282. The van der Waals surface area contributed by atoms with E-state index in [4.69, 9.17) is 24.2 Å². The van der Waals surface area contributed by atoms with E-state index in [0.717, 1.165) is 67.1 Å². The van der Waals surface area contributed by atoms with Gasteiger partial charge in [0.05, 0.1) is 35.9 Å². The molecular weight excluding hydrogens is 564 g/mol. The lowest BCUT2D eigenvalue weighted by Crippen LogP contribution is -2.26. The van der Waals surface area contributed by atoms with Crippen LogP contribution in [0.15, 0.2) is 91.3 Å². The number of hydrogen-bond donors (Lipinski definition) is 1. The summed E-state index contributed by atoms with van der Waals surface area (Å²) < 4.78 is 18.3. The van der Waals surface area contributed by atoms with Gasteiger partial charge < -0.3 is 24.1 Å². The Kier molecular flexibility index (Phi) is 6.63. The second-order valence-electron chi connectivity index (χ2n) is 11.1. The summed E-state index contributed by atoms with van der Waals surface area (Å²) in [5, 5.41) is 1.97. The Morgan fingerprint density at radius 3 is 2.71 bits per heavy atom. The molecule has 4 aromatic carbocycles. The van der Waals surface area contributed by atoms with Crippen molar-refractivity contribution in [2.24, 2.45) is 0 Å². The number of methoxy groups -OCH3 is 1. The van der Waals surface area contributed by atoms with Crippen molar-refractivity contribution in [3.63, 3.8) is 0 Å². The van der Waals surface area contributed by atoms with Crippen molar-refractivity contribution >= 4 is 38.7 Å². The topological polar surface area (TPSA) is 98.3 Å². The molecular formula is C36H30N6O3. The summed E-state index contributed by atoms with van der Waals surface area (Å²) in [5.41, 5.74) is 7.77. The molecule has 0 aliphatic carbocycles. The van der Waals surface area contributed by atoms with Gasteiger partial charge in [0.2, 0.25) is 0 Å². The lowest BCUT2D eigenvalue weighted by Gasteiger charge is -2.23. The van der Waals surface area contributed by atoms with Gasteiger partial charge in [-0.15, -0.1) is 0 Å². The van der Waals surface area contributed by atoms with E-state index in [-0.39, 0.29) is 0 Å². The zero-order chi connectivity index (χ0) is 30.3. The quantitative estimate of drug-likeness (QED) is 0.219. The number of benzene rings is 4. The van der Waals surface area contributed by atoms with Crippen LogP contribution >= 0.6 is 0 Å². The summed E-state index contributed by atoms with van der Waals surface area (Å²) in [4.78, 5) is 24.2. The number of aromatic amines is 1. The van der Waals surface area contributed by atoms with Crippen molar-refractivity contribution in [3.8, 4) is 28.4 Å². The van der Waals surface area contributed by atoms with Crippen LogP contribution in [-0.4, -0.2) is 45.2 Å². The Balaban J connectivity index is 1.09. The van der Waals surface area contributed by atoms with E-state index >= 15 is 0 Å². The number of anilines is 1. The van der Waals surface area contributed by atoms with Crippen molar-refractivity contribution in [1.29, 1.82) is 0 Å². The Labute approximate surface area is 259 Å². The Morgan fingerprint density at radius 1 is 0.889 bits per heavy atom. The van der Waals surface area contributed by atoms with Crippen LogP contribution in [-0.2, 0) is 13.2 Å². The number of imidazole rings is 1. The predicted molar refractivity (Wildman–Crippen MR) is 175 cm³/mol. The number of rotatable bonds is 6. The van der Waals surface area contributed by atoms with Crippen molar-refractivity contribution < 1.29 is 14.2 Å². The summed E-state index contributed by atoms with van der Waals surface area (Å²) in [7, 11) is 1.64. The number of para-hydroxylation sites is 1. The molecule has 222 valence electrons. The monoisotopic (exact) mass is 594 g/mol. The number of H-pyrrole nitrogens is 1. The Morgan fingerprint density at radius 2 is 1.78 bits per heavy atom. The van der Waals surface area contributed by atoms with Gasteiger partial charge in [-0.05, 0) is 66.6 Å². The second kappa shape index (κ2) is 11.1. The molecule has 3 aromatic heterocycles. The maximum Gasteiger partial charge on any atom is 0.187 e. The number of ether oxygens (including phenoxy) is 3. The highest BCUT2D eigenvalue weighted by Crippen LogP contribution is 2.39. The SMILES string of the molecule is COc1c(OCc2ccc3ccccc3n2)ccc2c(N3CCOc4ccc(-c5ccc6nc(C)[nH]c6c5)cc4C3)ncnc12. The normalized spacial score (nSPS) is 13.1. The third-order valence-electron chi connectivity index (χ3n) is 8.21. The van der Waals surface area contributed by atoms with E-state index in [9.17, 15) is 0 Å². The van der Waals surface area contributed by atoms with Gasteiger partial charge >= 0.3 is 0 Å². The second-order valence-corrected chi connectivity index (χ2v) is 11.1. The van der Waals surface area contributed by atoms with E-state index in [1.54, 1.807) is 13.4 Å². The summed E-state index contributed by atoms with van der Waals surface area (Å²) >= 11 is 0. The number of hydrogen-bond acceptors (Lipinski definition) is 8. The molecule has 7 aromatic rings. The fourth-order valence-electron chi connectivity index (χ4n) is 6.05. The predicted octanol–water partition coefficient (Wildman–Crippen LogP) is 7.02. The van der Waals surface area contributed by atoms with Crippen LogP contribution in [0, 0.1) is 6.92 Å². The minimum absolute atomic E-state index is 0.306. The maximum absolute atomic E-state index is 6.22.